The first kappa shape index (κ1) is 20.4. The van der Waals surface area contributed by atoms with Crippen molar-refractivity contribution >= 4 is 27.6 Å². The van der Waals surface area contributed by atoms with Gasteiger partial charge in [0.2, 0.25) is 15.9 Å². The largest absolute Gasteiger partial charge is 0.352 e. The number of nitrogens with one attached hydrogen (secondary N) is 2. The summed E-state index contributed by atoms with van der Waals surface area (Å²) in [5.74, 6) is -0.344. The van der Waals surface area contributed by atoms with Crippen molar-refractivity contribution in [3.05, 3.63) is 29.8 Å². The van der Waals surface area contributed by atoms with Crippen LogP contribution in [0.25, 0.3) is 0 Å². The Morgan fingerprint density at radius 2 is 1.75 bits per heavy atom. The van der Waals surface area contributed by atoms with Gasteiger partial charge in [-0.25, -0.2) is 13.2 Å². The lowest BCUT2D eigenvalue weighted by Gasteiger charge is -2.34. The predicted octanol–water partition coefficient (Wildman–Crippen LogP) is 1.60. The summed E-state index contributed by atoms with van der Waals surface area (Å²) in [4.78, 5) is 28.9. The van der Waals surface area contributed by atoms with Crippen LogP contribution in [-0.4, -0.2) is 62.6 Å². The minimum Gasteiger partial charge on any atom is -0.352 e. The maximum absolute atomic E-state index is 12.7. The molecule has 8 nitrogen and oxygen atoms in total. The van der Waals surface area contributed by atoms with E-state index in [4.69, 9.17) is 0 Å². The zero-order valence-corrected chi connectivity index (χ0v) is 17.0. The van der Waals surface area contributed by atoms with Crippen LogP contribution in [0.4, 0.5) is 10.5 Å². The van der Waals surface area contributed by atoms with E-state index in [-0.39, 0.29) is 24.4 Å². The Kier molecular flexibility index (Phi) is 6.43. The first-order valence-corrected chi connectivity index (χ1v) is 11.6. The summed E-state index contributed by atoms with van der Waals surface area (Å²) in [6, 6.07) is 7.02. The highest BCUT2D eigenvalue weighted by atomic mass is 32.2. The normalized spacial score (nSPS) is 20.1. The molecule has 2 aliphatic rings. The number of anilines is 1. The third-order valence-corrected chi connectivity index (χ3v) is 5.80. The van der Waals surface area contributed by atoms with Crippen LogP contribution >= 0.6 is 0 Å². The molecular formula is C19H28N4O4S. The van der Waals surface area contributed by atoms with E-state index in [2.05, 4.69) is 10.0 Å². The van der Waals surface area contributed by atoms with Crippen molar-refractivity contribution in [2.24, 2.45) is 5.92 Å². The lowest BCUT2D eigenvalue weighted by molar-refractivity contribution is -0.126. The van der Waals surface area contributed by atoms with Crippen LogP contribution < -0.4 is 10.0 Å². The van der Waals surface area contributed by atoms with E-state index in [1.165, 1.54) is 0 Å². The molecule has 3 amide bonds. The van der Waals surface area contributed by atoms with Crippen molar-refractivity contribution in [3.63, 3.8) is 0 Å². The Morgan fingerprint density at radius 1 is 1.07 bits per heavy atom. The molecule has 2 saturated heterocycles. The van der Waals surface area contributed by atoms with Crippen LogP contribution in [0, 0.1) is 5.92 Å². The van der Waals surface area contributed by atoms with E-state index in [1.807, 2.05) is 4.90 Å². The van der Waals surface area contributed by atoms with Crippen molar-refractivity contribution in [2.75, 3.05) is 37.2 Å². The highest BCUT2D eigenvalue weighted by Crippen LogP contribution is 2.21. The molecule has 0 unspecified atom stereocenters. The SMILES string of the molecule is CS(=O)(=O)Nc1ccccc1CNC(=O)[C@H]1CCCN(C(=O)N2CCCC2)C1. The second kappa shape index (κ2) is 8.81. The van der Waals surface area contributed by atoms with Gasteiger partial charge in [-0.1, -0.05) is 18.2 Å². The molecule has 1 aromatic carbocycles. The van der Waals surface area contributed by atoms with Crippen LogP contribution in [-0.2, 0) is 21.4 Å². The molecule has 0 aliphatic carbocycles. The number of benzene rings is 1. The second-order valence-corrected chi connectivity index (χ2v) is 9.26. The third-order valence-electron chi connectivity index (χ3n) is 5.21. The van der Waals surface area contributed by atoms with Gasteiger partial charge in [0.15, 0.2) is 0 Å². The van der Waals surface area contributed by atoms with Crippen molar-refractivity contribution in [1.82, 2.24) is 15.1 Å². The first-order valence-electron chi connectivity index (χ1n) is 9.71. The van der Waals surface area contributed by atoms with Crippen LogP contribution in [0.1, 0.15) is 31.2 Å². The zero-order chi connectivity index (χ0) is 20.1. The third kappa shape index (κ3) is 5.37. The molecule has 0 spiro atoms. The maximum atomic E-state index is 12.7. The van der Waals surface area contributed by atoms with E-state index >= 15 is 0 Å². The number of likely N-dealkylation sites (tertiary alicyclic amines) is 2. The van der Waals surface area contributed by atoms with Gasteiger partial charge in [-0.15, -0.1) is 0 Å². The smallest absolute Gasteiger partial charge is 0.320 e. The number of amides is 3. The number of para-hydroxylation sites is 1. The van der Waals surface area contributed by atoms with E-state index in [9.17, 15) is 18.0 Å². The van der Waals surface area contributed by atoms with Gasteiger partial charge < -0.3 is 15.1 Å². The fourth-order valence-electron chi connectivity index (χ4n) is 3.77. The predicted molar refractivity (Wildman–Crippen MR) is 107 cm³/mol. The number of piperidine rings is 1. The molecule has 9 heteroatoms. The Morgan fingerprint density at radius 3 is 2.46 bits per heavy atom. The van der Waals surface area contributed by atoms with Gasteiger partial charge in [0.05, 0.1) is 17.9 Å². The average Bonchev–Trinajstić information content (AvgIpc) is 3.20. The highest BCUT2D eigenvalue weighted by molar-refractivity contribution is 7.92. The maximum Gasteiger partial charge on any atom is 0.320 e. The van der Waals surface area contributed by atoms with Crippen molar-refractivity contribution < 1.29 is 18.0 Å². The Bertz CT molecular complexity index is 821. The molecule has 2 N–H and O–H groups in total. The van der Waals surface area contributed by atoms with Crippen LogP contribution in [0.5, 0.6) is 0 Å². The molecule has 0 aromatic heterocycles. The number of rotatable bonds is 5. The van der Waals surface area contributed by atoms with Gasteiger partial charge in [-0.05, 0) is 37.3 Å². The standard InChI is InChI=1S/C19H28N4O4S/c1-28(26,27)21-17-9-3-2-7-15(17)13-20-18(24)16-8-6-12-23(14-16)19(25)22-10-4-5-11-22/h2-3,7,9,16,21H,4-6,8,10-14H2,1H3,(H,20,24)/t16-/m0/s1. The number of nitrogens with zero attached hydrogens (tertiary/aromatic N) is 2. The second-order valence-electron chi connectivity index (χ2n) is 7.51. The number of hydrogen-bond donors (Lipinski definition) is 2. The van der Waals surface area contributed by atoms with Crippen LogP contribution in [0.2, 0.25) is 0 Å². The molecule has 2 heterocycles. The molecule has 1 atom stereocenters. The molecule has 2 fully saturated rings. The van der Waals surface area contributed by atoms with E-state index in [0.717, 1.165) is 45.0 Å². The lowest BCUT2D eigenvalue weighted by Crippen LogP contribution is -2.49. The first-order chi connectivity index (χ1) is 13.3. The summed E-state index contributed by atoms with van der Waals surface area (Å²) in [6.45, 7) is 2.96. The quantitative estimate of drug-likeness (QED) is 0.773. The molecule has 154 valence electrons. The van der Waals surface area contributed by atoms with Crippen molar-refractivity contribution in [2.45, 2.75) is 32.2 Å². The number of hydrogen-bond acceptors (Lipinski definition) is 4. The van der Waals surface area contributed by atoms with Gasteiger partial charge in [-0.2, -0.15) is 0 Å². The molecule has 0 saturated carbocycles. The average molecular weight is 409 g/mol. The number of carbonyl (C=O) groups excluding carboxylic acids is 2. The number of carbonyl (C=O) groups is 2. The minimum atomic E-state index is -3.40. The molecular weight excluding hydrogens is 380 g/mol. The van der Waals surface area contributed by atoms with E-state index < -0.39 is 10.0 Å². The molecule has 1 aromatic rings. The van der Waals surface area contributed by atoms with Crippen LogP contribution in [0.3, 0.4) is 0 Å². The van der Waals surface area contributed by atoms with Gasteiger partial charge in [0.1, 0.15) is 0 Å². The topological polar surface area (TPSA) is 98.8 Å². The molecule has 0 radical (unpaired) electrons. The van der Waals surface area contributed by atoms with E-state index in [0.29, 0.717) is 24.3 Å². The zero-order valence-electron chi connectivity index (χ0n) is 16.2. The fourth-order valence-corrected chi connectivity index (χ4v) is 4.37. The number of urea groups is 1. The summed E-state index contributed by atoms with van der Waals surface area (Å²) < 4.78 is 25.5. The Balaban J connectivity index is 1.57. The van der Waals surface area contributed by atoms with Gasteiger partial charge in [0.25, 0.3) is 0 Å². The minimum absolute atomic E-state index is 0.0395. The number of sulfonamides is 1. The van der Waals surface area contributed by atoms with E-state index in [1.54, 1.807) is 29.2 Å². The van der Waals surface area contributed by atoms with Crippen molar-refractivity contribution in [3.8, 4) is 0 Å². The molecule has 2 aliphatic heterocycles. The molecule has 3 rings (SSSR count). The molecule has 0 bridgehead atoms. The summed E-state index contributed by atoms with van der Waals surface area (Å²) in [7, 11) is -3.40. The summed E-state index contributed by atoms with van der Waals surface area (Å²) >= 11 is 0. The fraction of sp³-hybridized carbons (Fsp3) is 0.579. The Labute approximate surface area is 166 Å². The monoisotopic (exact) mass is 408 g/mol. The highest BCUT2D eigenvalue weighted by Gasteiger charge is 2.31. The lowest BCUT2D eigenvalue weighted by atomic mass is 9.97. The van der Waals surface area contributed by atoms with Gasteiger partial charge in [0, 0.05) is 32.7 Å². The van der Waals surface area contributed by atoms with Gasteiger partial charge in [-0.3, -0.25) is 9.52 Å². The van der Waals surface area contributed by atoms with Gasteiger partial charge >= 0.3 is 6.03 Å². The van der Waals surface area contributed by atoms with Crippen LogP contribution in [0.15, 0.2) is 24.3 Å². The summed E-state index contributed by atoms with van der Waals surface area (Å²) in [6.07, 6.45) is 4.74. The Hall–Kier alpha value is -2.29. The summed E-state index contributed by atoms with van der Waals surface area (Å²) in [5.41, 5.74) is 1.15. The summed E-state index contributed by atoms with van der Waals surface area (Å²) in [5, 5.41) is 2.90. The molecule has 28 heavy (non-hydrogen) atoms. The van der Waals surface area contributed by atoms with Crippen molar-refractivity contribution in [1.29, 1.82) is 0 Å².